The summed E-state index contributed by atoms with van der Waals surface area (Å²) in [7, 11) is 1.97. The highest BCUT2D eigenvalue weighted by Crippen LogP contribution is 2.36. The lowest BCUT2D eigenvalue weighted by atomic mass is 10.1. The molecule has 4 rings (SSSR count). The lowest BCUT2D eigenvalue weighted by Gasteiger charge is -2.38. The van der Waals surface area contributed by atoms with Gasteiger partial charge in [-0.3, -0.25) is 9.69 Å². The summed E-state index contributed by atoms with van der Waals surface area (Å²) in [6.45, 7) is 0. The van der Waals surface area contributed by atoms with Crippen LogP contribution < -0.4 is 10.2 Å². The molecule has 0 unspecified atom stereocenters. The van der Waals surface area contributed by atoms with Crippen molar-refractivity contribution in [3.63, 3.8) is 0 Å². The van der Waals surface area contributed by atoms with Gasteiger partial charge in [0.1, 0.15) is 6.17 Å². The maximum absolute atomic E-state index is 13.2. The lowest BCUT2D eigenvalue weighted by Crippen LogP contribution is -2.43. The van der Waals surface area contributed by atoms with E-state index in [4.69, 9.17) is 11.6 Å². The second kappa shape index (κ2) is 5.73. The zero-order chi connectivity index (χ0) is 16.7. The lowest BCUT2D eigenvalue weighted by molar-refractivity contribution is 0.0974. The summed E-state index contributed by atoms with van der Waals surface area (Å²) in [5.74, 6) is -0.0297. The van der Waals surface area contributed by atoms with Crippen LogP contribution in [0, 0.1) is 0 Å². The van der Waals surface area contributed by atoms with E-state index in [2.05, 4.69) is 5.32 Å². The minimum atomic E-state index is -0.284. The fraction of sp³-hybridized carbons (Fsp3) is 0.105. The van der Waals surface area contributed by atoms with Crippen LogP contribution in [-0.2, 0) is 7.05 Å². The number of hydrogen-bond donors (Lipinski definition) is 1. The Labute approximate surface area is 145 Å². The summed E-state index contributed by atoms with van der Waals surface area (Å²) in [4.78, 5) is 14.9. The minimum Gasteiger partial charge on any atom is -0.359 e. The van der Waals surface area contributed by atoms with Crippen LogP contribution in [0.2, 0.25) is 5.02 Å². The zero-order valence-corrected chi connectivity index (χ0v) is 13.9. The highest BCUT2D eigenvalue weighted by Gasteiger charge is 2.34. The zero-order valence-electron chi connectivity index (χ0n) is 13.1. The number of aromatic nitrogens is 1. The van der Waals surface area contributed by atoms with Crippen molar-refractivity contribution in [2.24, 2.45) is 7.05 Å². The first-order chi connectivity index (χ1) is 11.6. The number of amides is 1. The molecule has 1 aliphatic heterocycles. The molecule has 0 saturated heterocycles. The van der Waals surface area contributed by atoms with Gasteiger partial charge in [0, 0.05) is 29.6 Å². The first-order valence-corrected chi connectivity index (χ1v) is 8.09. The van der Waals surface area contributed by atoms with E-state index >= 15 is 0 Å². The first-order valence-electron chi connectivity index (χ1n) is 7.71. The molecule has 4 nitrogen and oxygen atoms in total. The van der Waals surface area contributed by atoms with Crippen LogP contribution in [-0.4, -0.2) is 10.5 Å². The Hall–Kier alpha value is -2.72. The fourth-order valence-electron chi connectivity index (χ4n) is 3.09. The van der Waals surface area contributed by atoms with E-state index in [1.165, 1.54) is 0 Å². The van der Waals surface area contributed by atoms with Crippen molar-refractivity contribution < 1.29 is 4.79 Å². The van der Waals surface area contributed by atoms with Gasteiger partial charge in [0.05, 0.1) is 11.3 Å². The Morgan fingerprint density at radius 2 is 1.75 bits per heavy atom. The predicted octanol–water partition coefficient (Wildman–Crippen LogP) is 4.45. The molecular weight excluding hydrogens is 322 g/mol. The van der Waals surface area contributed by atoms with Crippen LogP contribution in [0.5, 0.6) is 0 Å². The smallest absolute Gasteiger partial charge is 0.262 e. The number of para-hydroxylation sites is 1. The molecule has 3 aromatic rings. The first kappa shape index (κ1) is 14.8. The molecule has 2 heterocycles. The van der Waals surface area contributed by atoms with Crippen molar-refractivity contribution in [2.75, 3.05) is 10.2 Å². The number of benzene rings is 2. The van der Waals surface area contributed by atoms with Gasteiger partial charge in [-0.25, -0.2) is 0 Å². The quantitative estimate of drug-likeness (QED) is 0.750. The maximum atomic E-state index is 13.2. The second-order valence-corrected chi connectivity index (χ2v) is 6.22. The Bertz CT molecular complexity index is 901. The van der Waals surface area contributed by atoms with Crippen molar-refractivity contribution in [1.29, 1.82) is 0 Å². The standard InChI is InChI=1S/C19H16ClN3O/c1-22-12-4-7-17(22)18-21-16-6-3-2-5-15(16)19(24)23(18)14-10-8-13(20)9-11-14/h2-12,18,21H,1H3/t18-/m0/s1. The van der Waals surface area contributed by atoms with Crippen molar-refractivity contribution in [2.45, 2.75) is 6.17 Å². The predicted molar refractivity (Wildman–Crippen MR) is 96.5 cm³/mol. The fourth-order valence-corrected chi connectivity index (χ4v) is 3.21. The molecule has 1 aliphatic rings. The largest absolute Gasteiger partial charge is 0.359 e. The molecule has 0 spiro atoms. The number of nitrogens with one attached hydrogen (secondary N) is 1. The highest BCUT2D eigenvalue weighted by atomic mass is 35.5. The number of hydrogen-bond acceptors (Lipinski definition) is 2. The van der Waals surface area contributed by atoms with Gasteiger partial charge >= 0.3 is 0 Å². The molecule has 0 fully saturated rings. The van der Waals surface area contributed by atoms with Gasteiger partial charge < -0.3 is 9.88 Å². The van der Waals surface area contributed by atoms with Crippen molar-refractivity contribution in [3.05, 3.63) is 83.1 Å². The van der Waals surface area contributed by atoms with Crippen LogP contribution in [0.15, 0.2) is 66.9 Å². The van der Waals surface area contributed by atoms with Gasteiger partial charge in [-0.05, 0) is 48.5 Å². The molecule has 0 aliphatic carbocycles. The van der Waals surface area contributed by atoms with Crippen molar-refractivity contribution in [3.8, 4) is 0 Å². The topological polar surface area (TPSA) is 37.3 Å². The Morgan fingerprint density at radius 1 is 1.00 bits per heavy atom. The summed E-state index contributed by atoms with van der Waals surface area (Å²) >= 11 is 6.01. The Morgan fingerprint density at radius 3 is 2.46 bits per heavy atom. The maximum Gasteiger partial charge on any atom is 0.262 e. The summed E-state index contributed by atoms with van der Waals surface area (Å²) in [5, 5.41) is 4.13. The number of nitrogens with zero attached hydrogens (tertiary/aromatic N) is 2. The average Bonchev–Trinajstić information content (AvgIpc) is 3.02. The van der Waals surface area contributed by atoms with Crippen LogP contribution in [0.3, 0.4) is 0 Å². The molecule has 1 aromatic heterocycles. The summed E-state index contributed by atoms with van der Waals surface area (Å²) < 4.78 is 2.02. The third kappa shape index (κ3) is 2.36. The summed E-state index contributed by atoms with van der Waals surface area (Å²) in [6.07, 6.45) is 1.69. The van der Waals surface area contributed by atoms with Crippen molar-refractivity contribution in [1.82, 2.24) is 4.57 Å². The Kier molecular flexibility index (Phi) is 3.54. The monoisotopic (exact) mass is 337 g/mol. The summed E-state index contributed by atoms with van der Waals surface area (Å²) in [5.41, 5.74) is 3.32. The molecule has 120 valence electrons. The van der Waals surface area contributed by atoms with E-state index in [-0.39, 0.29) is 12.1 Å². The molecule has 0 bridgehead atoms. The van der Waals surface area contributed by atoms with E-state index < -0.39 is 0 Å². The van der Waals surface area contributed by atoms with Crippen LogP contribution >= 0.6 is 11.6 Å². The van der Waals surface area contributed by atoms with E-state index in [0.29, 0.717) is 10.6 Å². The number of aryl methyl sites for hydroxylation is 1. The number of rotatable bonds is 2. The normalized spacial score (nSPS) is 16.7. The van der Waals surface area contributed by atoms with E-state index in [0.717, 1.165) is 17.1 Å². The average molecular weight is 338 g/mol. The van der Waals surface area contributed by atoms with Gasteiger partial charge in [0.15, 0.2) is 0 Å². The van der Waals surface area contributed by atoms with Crippen LogP contribution in [0.25, 0.3) is 0 Å². The molecule has 5 heteroatoms. The molecule has 1 atom stereocenters. The molecule has 24 heavy (non-hydrogen) atoms. The number of halogens is 1. The van der Waals surface area contributed by atoms with E-state index in [1.807, 2.05) is 66.3 Å². The van der Waals surface area contributed by atoms with Crippen LogP contribution in [0.1, 0.15) is 22.2 Å². The second-order valence-electron chi connectivity index (χ2n) is 5.79. The van der Waals surface area contributed by atoms with Gasteiger partial charge in [-0.15, -0.1) is 0 Å². The molecule has 1 N–H and O–H groups in total. The van der Waals surface area contributed by atoms with Gasteiger partial charge in [-0.2, -0.15) is 0 Å². The van der Waals surface area contributed by atoms with Gasteiger partial charge in [0.25, 0.3) is 5.91 Å². The van der Waals surface area contributed by atoms with Gasteiger partial charge in [-0.1, -0.05) is 23.7 Å². The van der Waals surface area contributed by atoms with E-state index in [1.54, 1.807) is 17.0 Å². The number of fused-ring (bicyclic) bond motifs is 1. The Balaban J connectivity index is 1.87. The van der Waals surface area contributed by atoms with Gasteiger partial charge in [0.2, 0.25) is 0 Å². The summed E-state index contributed by atoms with van der Waals surface area (Å²) in [6, 6.07) is 18.9. The molecular formula is C19H16ClN3O. The van der Waals surface area contributed by atoms with Crippen molar-refractivity contribution >= 4 is 28.9 Å². The number of carbonyl (C=O) groups is 1. The molecule has 0 saturated carbocycles. The SMILES string of the molecule is Cn1cccc1[C@H]1Nc2ccccc2C(=O)N1c1ccc(Cl)cc1. The number of carbonyl (C=O) groups excluding carboxylic acids is 1. The molecule has 0 radical (unpaired) electrons. The molecule has 2 aromatic carbocycles. The minimum absolute atomic E-state index is 0.0297. The van der Waals surface area contributed by atoms with Crippen LogP contribution in [0.4, 0.5) is 11.4 Å². The number of anilines is 2. The third-order valence-electron chi connectivity index (χ3n) is 4.30. The molecule has 1 amide bonds. The highest BCUT2D eigenvalue weighted by molar-refractivity contribution is 6.30. The third-order valence-corrected chi connectivity index (χ3v) is 4.55. The van der Waals surface area contributed by atoms with E-state index in [9.17, 15) is 4.79 Å².